The summed E-state index contributed by atoms with van der Waals surface area (Å²) in [4.78, 5) is 12.5. The Labute approximate surface area is 91.9 Å². The number of rotatable bonds is 7. The summed E-state index contributed by atoms with van der Waals surface area (Å²) in [5.41, 5.74) is -0.732. The molecule has 0 bridgehead atoms. The van der Waals surface area contributed by atoms with Crippen molar-refractivity contribution in [2.75, 3.05) is 13.1 Å². The van der Waals surface area contributed by atoms with Crippen molar-refractivity contribution in [1.29, 1.82) is 0 Å². The summed E-state index contributed by atoms with van der Waals surface area (Å²) in [5.74, 6) is -0.814. The number of hydrogen-bond acceptors (Lipinski definition) is 3. The summed E-state index contributed by atoms with van der Waals surface area (Å²) in [5, 5.41) is 18.3. The van der Waals surface area contributed by atoms with Gasteiger partial charge in [0.05, 0.1) is 12.1 Å². The number of hydrogen-bond donors (Lipinski definition) is 2. The third-order valence-corrected chi connectivity index (χ3v) is 2.56. The first-order valence-electron chi connectivity index (χ1n) is 5.44. The Balaban J connectivity index is 4.19. The van der Waals surface area contributed by atoms with E-state index in [4.69, 9.17) is 5.11 Å². The molecule has 1 atom stereocenters. The molecule has 0 radical (unpaired) electrons. The summed E-state index contributed by atoms with van der Waals surface area (Å²) < 4.78 is 0. The van der Waals surface area contributed by atoms with Crippen LogP contribution in [0.5, 0.6) is 0 Å². The van der Waals surface area contributed by atoms with E-state index in [2.05, 4.69) is 0 Å². The van der Waals surface area contributed by atoms with Gasteiger partial charge in [0.2, 0.25) is 0 Å². The lowest BCUT2D eigenvalue weighted by Gasteiger charge is -2.29. The van der Waals surface area contributed by atoms with Crippen LogP contribution in [-0.4, -0.2) is 45.8 Å². The Hall–Kier alpha value is -0.610. The van der Waals surface area contributed by atoms with Crippen molar-refractivity contribution < 1.29 is 15.0 Å². The number of aliphatic carboxylic acids is 1. The Morgan fingerprint density at radius 1 is 1.47 bits per heavy atom. The first-order chi connectivity index (χ1) is 6.76. The van der Waals surface area contributed by atoms with Crippen LogP contribution >= 0.6 is 0 Å². The van der Waals surface area contributed by atoms with Crippen LogP contribution in [0.4, 0.5) is 0 Å². The maximum absolute atomic E-state index is 10.7. The SMILES string of the molecule is CCC(C)N(CCC(C)(C)O)CC(=O)O. The molecule has 0 aromatic carbocycles. The second kappa shape index (κ2) is 6.08. The van der Waals surface area contributed by atoms with Crippen molar-refractivity contribution in [3.63, 3.8) is 0 Å². The minimum absolute atomic E-state index is 0.0467. The third kappa shape index (κ3) is 7.33. The molecule has 0 spiro atoms. The average molecular weight is 217 g/mol. The van der Waals surface area contributed by atoms with E-state index < -0.39 is 11.6 Å². The second-order valence-electron chi connectivity index (χ2n) is 4.68. The molecule has 15 heavy (non-hydrogen) atoms. The van der Waals surface area contributed by atoms with Crippen molar-refractivity contribution in [2.24, 2.45) is 0 Å². The van der Waals surface area contributed by atoms with E-state index >= 15 is 0 Å². The Morgan fingerprint density at radius 3 is 2.33 bits per heavy atom. The molecular weight excluding hydrogens is 194 g/mol. The fraction of sp³-hybridized carbons (Fsp3) is 0.909. The fourth-order valence-corrected chi connectivity index (χ4v) is 1.30. The van der Waals surface area contributed by atoms with Gasteiger partial charge in [0.15, 0.2) is 0 Å². The van der Waals surface area contributed by atoms with Gasteiger partial charge in [0.25, 0.3) is 0 Å². The van der Waals surface area contributed by atoms with E-state index in [1.165, 1.54) is 0 Å². The van der Waals surface area contributed by atoms with E-state index in [9.17, 15) is 9.90 Å². The molecule has 0 aromatic heterocycles. The first-order valence-corrected chi connectivity index (χ1v) is 5.44. The summed E-state index contributed by atoms with van der Waals surface area (Å²) in [6.45, 7) is 8.18. The maximum Gasteiger partial charge on any atom is 0.317 e. The molecule has 0 saturated carbocycles. The van der Waals surface area contributed by atoms with Crippen molar-refractivity contribution in [1.82, 2.24) is 4.90 Å². The van der Waals surface area contributed by atoms with E-state index in [0.29, 0.717) is 13.0 Å². The average Bonchev–Trinajstić information content (AvgIpc) is 2.09. The molecular formula is C11H23NO3. The van der Waals surface area contributed by atoms with E-state index in [1.54, 1.807) is 13.8 Å². The van der Waals surface area contributed by atoms with Gasteiger partial charge in [-0.05, 0) is 33.6 Å². The number of carboxylic acids is 1. The number of nitrogens with zero attached hydrogens (tertiary/aromatic N) is 1. The Kier molecular flexibility index (Phi) is 5.83. The van der Waals surface area contributed by atoms with Crippen LogP contribution in [0.15, 0.2) is 0 Å². The predicted octanol–water partition coefficient (Wildman–Crippen LogP) is 1.33. The highest BCUT2D eigenvalue weighted by atomic mass is 16.4. The van der Waals surface area contributed by atoms with Crippen molar-refractivity contribution in [3.05, 3.63) is 0 Å². The Bertz CT molecular complexity index is 198. The maximum atomic E-state index is 10.7. The van der Waals surface area contributed by atoms with Gasteiger partial charge in [-0.25, -0.2) is 0 Å². The van der Waals surface area contributed by atoms with Gasteiger partial charge in [-0.3, -0.25) is 9.69 Å². The second-order valence-corrected chi connectivity index (χ2v) is 4.68. The molecule has 0 aliphatic carbocycles. The molecule has 4 nitrogen and oxygen atoms in total. The lowest BCUT2D eigenvalue weighted by atomic mass is 10.0. The molecule has 4 heteroatoms. The number of carbonyl (C=O) groups is 1. The van der Waals surface area contributed by atoms with Gasteiger partial charge in [-0.15, -0.1) is 0 Å². The third-order valence-electron chi connectivity index (χ3n) is 2.56. The van der Waals surface area contributed by atoms with E-state index in [1.807, 2.05) is 18.7 Å². The van der Waals surface area contributed by atoms with Crippen LogP contribution in [0.25, 0.3) is 0 Å². The zero-order chi connectivity index (χ0) is 12.1. The quantitative estimate of drug-likeness (QED) is 0.675. The van der Waals surface area contributed by atoms with Gasteiger partial charge in [-0.1, -0.05) is 6.92 Å². The van der Waals surface area contributed by atoms with Crippen LogP contribution in [0.2, 0.25) is 0 Å². The van der Waals surface area contributed by atoms with Gasteiger partial charge in [0, 0.05) is 12.6 Å². The van der Waals surface area contributed by atoms with Gasteiger partial charge < -0.3 is 10.2 Å². The highest BCUT2D eigenvalue weighted by Gasteiger charge is 2.19. The van der Waals surface area contributed by atoms with Gasteiger partial charge in [-0.2, -0.15) is 0 Å². The van der Waals surface area contributed by atoms with Crippen LogP contribution in [0.1, 0.15) is 40.5 Å². The summed E-state index contributed by atoms with van der Waals surface area (Å²) >= 11 is 0. The normalized spacial score (nSPS) is 14.3. The van der Waals surface area contributed by atoms with Crippen molar-refractivity contribution in [3.8, 4) is 0 Å². The highest BCUT2D eigenvalue weighted by molar-refractivity contribution is 5.69. The molecule has 0 saturated heterocycles. The molecule has 1 unspecified atom stereocenters. The zero-order valence-corrected chi connectivity index (χ0v) is 10.2. The van der Waals surface area contributed by atoms with Crippen molar-refractivity contribution >= 4 is 5.97 Å². The molecule has 0 heterocycles. The summed E-state index contributed by atoms with van der Waals surface area (Å²) in [6, 6.07) is 0.239. The predicted molar refractivity (Wildman–Crippen MR) is 59.9 cm³/mol. The van der Waals surface area contributed by atoms with E-state index in [-0.39, 0.29) is 12.6 Å². The van der Waals surface area contributed by atoms with Crippen LogP contribution in [0.3, 0.4) is 0 Å². The summed E-state index contributed by atoms with van der Waals surface area (Å²) in [7, 11) is 0. The molecule has 2 N–H and O–H groups in total. The molecule has 0 fully saturated rings. The minimum atomic E-state index is -0.814. The van der Waals surface area contributed by atoms with Crippen LogP contribution < -0.4 is 0 Å². The first kappa shape index (κ1) is 14.4. The molecule has 90 valence electrons. The number of carboxylic acid groups (broad SMARTS) is 1. The highest BCUT2D eigenvalue weighted by Crippen LogP contribution is 2.11. The van der Waals surface area contributed by atoms with E-state index in [0.717, 1.165) is 6.42 Å². The fourth-order valence-electron chi connectivity index (χ4n) is 1.30. The van der Waals surface area contributed by atoms with Crippen molar-refractivity contribution in [2.45, 2.75) is 52.2 Å². The minimum Gasteiger partial charge on any atom is -0.480 e. The standard InChI is InChI=1S/C11H23NO3/c1-5-9(2)12(8-10(13)14)7-6-11(3,4)15/h9,15H,5-8H2,1-4H3,(H,13,14). The molecule has 0 aliphatic heterocycles. The molecule has 0 aromatic rings. The van der Waals surface area contributed by atoms with Gasteiger partial charge in [0.1, 0.15) is 0 Å². The Morgan fingerprint density at radius 2 is 2.00 bits per heavy atom. The van der Waals surface area contributed by atoms with Crippen LogP contribution in [0, 0.1) is 0 Å². The van der Waals surface area contributed by atoms with Crippen LogP contribution in [-0.2, 0) is 4.79 Å². The number of aliphatic hydroxyl groups is 1. The smallest absolute Gasteiger partial charge is 0.317 e. The monoisotopic (exact) mass is 217 g/mol. The molecule has 0 rings (SSSR count). The molecule has 0 amide bonds. The largest absolute Gasteiger partial charge is 0.480 e. The lowest BCUT2D eigenvalue weighted by molar-refractivity contribution is -0.139. The van der Waals surface area contributed by atoms with Gasteiger partial charge >= 0.3 is 5.97 Å². The summed E-state index contributed by atoms with van der Waals surface area (Å²) in [6.07, 6.45) is 1.50. The zero-order valence-electron chi connectivity index (χ0n) is 10.2. The topological polar surface area (TPSA) is 60.8 Å². The molecule has 0 aliphatic rings. The lowest BCUT2D eigenvalue weighted by Crippen LogP contribution is -2.40.